The Hall–Kier alpha value is -2.37. The highest BCUT2D eigenvalue weighted by Crippen LogP contribution is 2.67. The molecule has 1 aliphatic heterocycles. The molecule has 8 heteroatoms. The molecule has 5 rings (SSSR count). The second kappa shape index (κ2) is 11.0. The summed E-state index contributed by atoms with van der Waals surface area (Å²) in [4.78, 5) is 29.7. The predicted molar refractivity (Wildman–Crippen MR) is 156 cm³/mol. The van der Waals surface area contributed by atoms with Crippen molar-refractivity contribution in [3.8, 4) is 12.3 Å². The molecule has 0 bridgehead atoms. The molecule has 5 aliphatic rings. The minimum atomic E-state index is -0.981. The molecule has 4 aliphatic carbocycles. The van der Waals surface area contributed by atoms with Gasteiger partial charge in [-0.1, -0.05) is 30.5 Å². The molecule has 8 atom stereocenters. The van der Waals surface area contributed by atoms with E-state index in [1.807, 2.05) is 13.8 Å². The number of oxime groups is 1. The van der Waals surface area contributed by atoms with Crippen molar-refractivity contribution in [3.05, 3.63) is 11.6 Å². The lowest BCUT2D eigenvalue weighted by molar-refractivity contribution is -0.139. The maximum absolute atomic E-state index is 12.7. The van der Waals surface area contributed by atoms with E-state index in [0.717, 1.165) is 50.7 Å². The fourth-order valence-corrected chi connectivity index (χ4v) is 9.46. The number of carbonyl (C=O) groups excluding carboxylic acids is 1. The molecular weight excluding hydrogens is 520 g/mol. The number of hydrogen-bond donors (Lipinski definition) is 3. The van der Waals surface area contributed by atoms with Crippen molar-refractivity contribution in [2.24, 2.45) is 39.7 Å². The predicted octanol–water partition coefficient (Wildman–Crippen LogP) is 4.85. The Morgan fingerprint density at radius 3 is 2.61 bits per heavy atom. The number of nitrogens with zero attached hydrogens (tertiary/aromatic N) is 1. The highest BCUT2D eigenvalue weighted by Gasteiger charge is 2.63. The third kappa shape index (κ3) is 5.57. The number of carboxylic acids is 1. The molecule has 3 N–H and O–H groups in total. The van der Waals surface area contributed by atoms with E-state index >= 15 is 0 Å². The molecule has 1 saturated heterocycles. The van der Waals surface area contributed by atoms with Gasteiger partial charge in [0.15, 0.2) is 6.61 Å². The third-order valence-electron chi connectivity index (χ3n) is 11.8. The van der Waals surface area contributed by atoms with Crippen LogP contribution in [-0.2, 0) is 19.2 Å². The summed E-state index contributed by atoms with van der Waals surface area (Å²) in [5.74, 6) is 3.14. The lowest BCUT2D eigenvalue weighted by Gasteiger charge is -2.58. The van der Waals surface area contributed by atoms with Crippen LogP contribution >= 0.6 is 0 Å². The SMILES string of the molecule is C#C[C@]1(O)CC[C@H]2[C@@H]3CCC4=C/C(=N/OCC(=O)N[C@@H](CC(=O)O)[C@@H]5CCOC(C)(C)C5)CC[C@]4(C)[C@H]3CC[C@@]21C. The minimum absolute atomic E-state index is 0.0308. The number of aliphatic carboxylic acids is 1. The third-order valence-corrected chi connectivity index (χ3v) is 11.8. The summed E-state index contributed by atoms with van der Waals surface area (Å²) in [6.45, 7) is 8.93. The first kappa shape index (κ1) is 30.1. The fraction of sp³-hybridized carbons (Fsp3) is 0.788. The number of allylic oxidation sites excluding steroid dienone is 2. The van der Waals surface area contributed by atoms with Gasteiger partial charge in [0.05, 0.1) is 17.7 Å². The second-order valence-electron chi connectivity index (χ2n) is 14.5. The Morgan fingerprint density at radius 1 is 1.15 bits per heavy atom. The lowest BCUT2D eigenvalue weighted by atomic mass is 9.46. The topological polar surface area (TPSA) is 117 Å². The van der Waals surface area contributed by atoms with E-state index in [2.05, 4.69) is 36.3 Å². The van der Waals surface area contributed by atoms with Crippen molar-refractivity contribution in [2.45, 2.75) is 116 Å². The van der Waals surface area contributed by atoms with E-state index in [1.165, 1.54) is 5.57 Å². The Bertz CT molecular complexity index is 1150. The van der Waals surface area contributed by atoms with Crippen molar-refractivity contribution in [1.29, 1.82) is 0 Å². The van der Waals surface area contributed by atoms with Crippen molar-refractivity contribution < 1.29 is 29.4 Å². The molecule has 0 radical (unpaired) electrons. The van der Waals surface area contributed by atoms with Crippen LogP contribution in [-0.4, -0.2) is 58.3 Å². The summed E-state index contributed by atoms with van der Waals surface area (Å²) in [6.07, 6.45) is 17.0. The van der Waals surface area contributed by atoms with Crippen LogP contribution in [0.3, 0.4) is 0 Å². The summed E-state index contributed by atoms with van der Waals surface area (Å²) < 4.78 is 5.77. The van der Waals surface area contributed by atoms with Gasteiger partial charge in [-0.3, -0.25) is 9.59 Å². The van der Waals surface area contributed by atoms with Crippen LogP contribution in [0.5, 0.6) is 0 Å². The average molecular weight is 569 g/mol. The van der Waals surface area contributed by atoms with E-state index in [9.17, 15) is 19.8 Å². The molecule has 41 heavy (non-hydrogen) atoms. The van der Waals surface area contributed by atoms with Gasteiger partial charge in [-0.15, -0.1) is 6.42 Å². The highest BCUT2D eigenvalue weighted by molar-refractivity contribution is 5.96. The van der Waals surface area contributed by atoms with E-state index in [4.69, 9.17) is 16.0 Å². The number of amides is 1. The van der Waals surface area contributed by atoms with Crippen LogP contribution in [0.2, 0.25) is 0 Å². The van der Waals surface area contributed by atoms with Gasteiger partial charge < -0.3 is 25.1 Å². The number of ether oxygens (including phenoxy) is 1. The molecule has 3 saturated carbocycles. The van der Waals surface area contributed by atoms with Gasteiger partial charge in [0, 0.05) is 18.1 Å². The van der Waals surface area contributed by atoms with Crippen LogP contribution in [0.15, 0.2) is 16.8 Å². The molecule has 0 aromatic rings. The number of carbonyl (C=O) groups is 2. The Labute approximate surface area is 244 Å². The number of hydrogen-bond acceptors (Lipinski definition) is 6. The maximum atomic E-state index is 12.7. The van der Waals surface area contributed by atoms with E-state index < -0.39 is 17.6 Å². The Kier molecular flexibility index (Phi) is 8.10. The number of terminal acetylenes is 1. The van der Waals surface area contributed by atoms with Gasteiger partial charge in [0.2, 0.25) is 0 Å². The number of carboxylic acid groups (broad SMARTS) is 1. The van der Waals surface area contributed by atoms with Crippen LogP contribution in [0.4, 0.5) is 0 Å². The zero-order valence-electron chi connectivity index (χ0n) is 25.2. The van der Waals surface area contributed by atoms with Gasteiger partial charge >= 0.3 is 5.97 Å². The zero-order valence-corrected chi connectivity index (χ0v) is 25.2. The first-order valence-corrected chi connectivity index (χ1v) is 15.6. The summed E-state index contributed by atoms with van der Waals surface area (Å²) in [5, 5.41) is 27.9. The standard InChI is InChI=1S/C33H48N2O6/c1-6-33(39)15-11-26-24-8-7-22-17-23(9-13-31(22,4)25(24)10-14-32(26,33)5)35-41-20-28(36)34-27(18-29(37)38)21-12-16-40-30(2,3)19-21/h1,17,21,24-27,39H,7-16,18-20H2,2-5H3,(H,34,36)(H,37,38)/b35-23+/t21-,24-,25+,26+,27+,31+,32+,33+/m1/s1. The van der Waals surface area contributed by atoms with Gasteiger partial charge in [0.1, 0.15) is 5.60 Å². The van der Waals surface area contributed by atoms with Gasteiger partial charge in [-0.25, -0.2) is 0 Å². The molecule has 226 valence electrons. The number of rotatable bonds is 7. The van der Waals surface area contributed by atoms with Crippen molar-refractivity contribution in [1.82, 2.24) is 5.32 Å². The molecule has 1 heterocycles. The van der Waals surface area contributed by atoms with Crippen LogP contribution in [0.1, 0.15) is 98.3 Å². The fourth-order valence-electron chi connectivity index (χ4n) is 9.46. The Morgan fingerprint density at radius 2 is 1.90 bits per heavy atom. The molecule has 4 fully saturated rings. The molecule has 0 spiro atoms. The molecular formula is C33H48N2O6. The van der Waals surface area contributed by atoms with Crippen LogP contribution < -0.4 is 5.32 Å². The maximum Gasteiger partial charge on any atom is 0.305 e. The van der Waals surface area contributed by atoms with Crippen LogP contribution in [0.25, 0.3) is 0 Å². The monoisotopic (exact) mass is 568 g/mol. The van der Waals surface area contributed by atoms with Gasteiger partial charge in [-0.05, 0) is 113 Å². The van der Waals surface area contributed by atoms with Crippen molar-refractivity contribution >= 4 is 17.6 Å². The number of aliphatic hydroxyl groups is 1. The van der Waals surface area contributed by atoms with E-state index in [0.29, 0.717) is 43.6 Å². The summed E-state index contributed by atoms with van der Waals surface area (Å²) in [7, 11) is 0. The van der Waals surface area contributed by atoms with Gasteiger partial charge in [-0.2, -0.15) is 0 Å². The number of nitrogens with one attached hydrogen (secondary N) is 1. The minimum Gasteiger partial charge on any atom is -0.481 e. The highest BCUT2D eigenvalue weighted by atomic mass is 16.6. The first-order valence-electron chi connectivity index (χ1n) is 15.6. The lowest BCUT2D eigenvalue weighted by Crippen LogP contribution is -2.54. The normalized spacial score (nSPS) is 41.2. The van der Waals surface area contributed by atoms with Crippen molar-refractivity contribution in [3.63, 3.8) is 0 Å². The molecule has 0 aromatic carbocycles. The summed E-state index contributed by atoms with van der Waals surface area (Å²) >= 11 is 0. The van der Waals surface area contributed by atoms with E-state index in [-0.39, 0.29) is 41.3 Å². The Balaban J connectivity index is 1.19. The number of fused-ring (bicyclic) bond motifs is 5. The zero-order chi connectivity index (χ0) is 29.6. The molecule has 0 unspecified atom stereocenters. The van der Waals surface area contributed by atoms with E-state index in [1.54, 1.807) is 0 Å². The average Bonchev–Trinajstić information content (AvgIpc) is 3.18. The van der Waals surface area contributed by atoms with Crippen molar-refractivity contribution in [2.75, 3.05) is 13.2 Å². The smallest absolute Gasteiger partial charge is 0.305 e. The first-order chi connectivity index (χ1) is 19.3. The largest absolute Gasteiger partial charge is 0.481 e. The second-order valence-corrected chi connectivity index (χ2v) is 14.5. The summed E-state index contributed by atoms with van der Waals surface area (Å²) in [6, 6.07) is -0.471. The molecule has 0 aromatic heterocycles. The van der Waals surface area contributed by atoms with Gasteiger partial charge in [0.25, 0.3) is 5.91 Å². The van der Waals surface area contributed by atoms with Crippen LogP contribution in [0, 0.1) is 46.8 Å². The molecule has 1 amide bonds. The summed E-state index contributed by atoms with van der Waals surface area (Å²) in [5.41, 5.74) is 0.883. The quantitative estimate of drug-likeness (QED) is 0.299. The molecule has 8 nitrogen and oxygen atoms in total.